The number of carbonyl (C=O) groups is 1. The first-order valence-corrected chi connectivity index (χ1v) is 1.47. The maximum atomic E-state index is 9.03. The minimum atomic E-state index is -1.50. The Kier molecular flexibility index (Phi) is 31.0. The number of carboxylic acid groups (broad SMARTS) is 1. The van der Waals surface area contributed by atoms with E-state index in [1.807, 2.05) is 0 Å². The van der Waals surface area contributed by atoms with Gasteiger partial charge < -0.3 is 19.7 Å². The van der Waals surface area contributed by atoms with E-state index >= 15 is 0 Å². The standard InChI is InChI=1S/C2H4O3.CH4O.Zn/c1-5-2(3)4;1-2;/h1H3,(H,3,4);2H,1H3;/p-1. The van der Waals surface area contributed by atoms with Gasteiger partial charge in [-0.2, -0.15) is 0 Å². The molecule has 46 valence electrons. The molecule has 0 atom stereocenters. The van der Waals surface area contributed by atoms with Gasteiger partial charge in [0.15, 0.2) is 0 Å². The third-order valence-electron chi connectivity index (χ3n) is 0.167. The van der Waals surface area contributed by atoms with E-state index in [-0.39, 0.29) is 19.5 Å². The van der Waals surface area contributed by atoms with Crippen molar-refractivity contribution in [3.8, 4) is 0 Å². The Balaban J connectivity index is -0.0000000750. The van der Waals surface area contributed by atoms with Crippen LogP contribution in [0.3, 0.4) is 0 Å². The number of ether oxygens (including phenoxy) is 1. The number of rotatable bonds is 0. The third kappa shape index (κ3) is 40.1. The van der Waals surface area contributed by atoms with Gasteiger partial charge in [-0.15, -0.1) is 0 Å². The summed E-state index contributed by atoms with van der Waals surface area (Å²) in [6.45, 7) is 0. The van der Waals surface area contributed by atoms with E-state index < -0.39 is 6.16 Å². The fraction of sp³-hybridized carbons (Fsp3) is 0.667. The topological polar surface area (TPSA) is 69.6 Å². The van der Waals surface area contributed by atoms with Gasteiger partial charge in [-0.3, -0.25) is 0 Å². The number of aliphatic hydroxyl groups excluding tert-OH is 1. The maximum absolute atomic E-state index is 9.03. The third-order valence-corrected chi connectivity index (χ3v) is 0.167. The van der Waals surface area contributed by atoms with Crippen molar-refractivity contribution in [1.82, 2.24) is 0 Å². The van der Waals surface area contributed by atoms with Gasteiger partial charge in [0.25, 0.3) is 6.16 Å². The smallest absolute Gasteiger partial charge is 0.251 e. The van der Waals surface area contributed by atoms with Crippen LogP contribution < -0.4 is 5.11 Å². The van der Waals surface area contributed by atoms with E-state index in [0.717, 1.165) is 14.2 Å². The number of methoxy groups -OCH3 is 1. The second kappa shape index (κ2) is 15.8. The first kappa shape index (κ1) is 15.7. The van der Waals surface area contributed by atoms with Crippen LogP contribution in [0.1, 0.15) is 0 Å². The SMILES string of the molecule is CO.COC(=O)[O-].[Zn]. The zero-order valence-electron chi connectivity index (χ0n) is 4.88. The molecule has 1 N–H and O–H groups in total. The fourth-order valence-corrected chi connectivity index (χ4v) is 0. The molecule has 0 radical (unpaired) electrons. The van der Waals surface area contributed by atoms with Gasteiger partial charge in [-0.25, -0.2) is 0 Å². The molecule has 0 rings (SSSR count). The monoisotopic (exact) mass is 171 g/mol. The van der Waals surface area contributed by atoms with Crippen molar-refractivity contribution in [2.45, 2.75) is 0 Å². The molecular formula is C3H7O4Zn-. The summed E-state index contributed by atoms with van der Waals surface area (Å²) < 4.78 is 3.56. The molecule has 0 aliphatic carbocycles. The summed E-state index contributed by atoms with van der Waals surface area (Å²) in [4.78, 5) is 9.03. The van der Waals surface area contributed by atoms with E-state index in [1.165, 1.54) is 0 Å². The van der Waals surface area contributed by atoms with Crippen molar-refractivity contribution >= 4 is 6.16 Å². The molecule has 0 aliphatic heterocycles. The van der Waals surface area contributed by atoms with Crippen molar-refractivity contribution in [3.63, 3.8) is 0 Å². The van der Waals surface area contributed by atoms with E-state index in [0.29, 0.717) is 0 Å². The van der Waals surface area contributed by atoms with Gasteiger partial charge in [0.1, 0.15) is 0 Å². The Labute approximate surface area is 60.2 Å². The van der Waals surface area contributed by atoms with Gasteiger partial charge in [-0.05, 0) is 0 Å². The van der Waals surface area contributed by atoms with Gasteiger partial charge in [0.05, 0.1) is 0 Å². The summed E-state index contributed by atoms with van der Waals surface area (Å²) in [6.07, 6.45) is -1.50. The zero-order valence-corrected chi connectivity index (χ0v) is 7.85. The number of hydrogen-bond donors (Lipinski definition) is 1. The zero-order chi connectivity index (χ0) is 6.28. The molecule has 5 heteroatoms. The van der Waals surface area contributed by atoms with Crippen molar-refractivity contribution in [3.05, 3.63) is 0 Å². The molecule has 0 saturated carbocycles. The van der Waals surface area contributed by atoms with Crippen molar-refractivity contribution in [2.24, 2.45) is 0 Å². The van der Waals surface area contributed by atoms with E-state index in [2.05, 4.69) is 4.74 Å². The minimum absolute atomic E-state index is 0. The summed E-state index contributed by atoms with van der Waals surface area (Å²) in [5.74, 6) is 0. The molecule has 0 aromatic rings. The van der Waals surface area contributed by atoms with E-state index in [9.17, 15) is 0 Å². The van der Waals surface area contributed by atoms with Crippen LogP contribution in [0, 0.1) is 0 Å². The van der Waals surface area contributed by atoms with Crippen LogP contribution in [-0.4, -0.2) is 25.5 Å². The van der Waals surface area contributed by atoms with Crippen molar-refractivity contribution in [2.75, 3.05) is 14.2 Å². The molecule has 0 saturated heterocycles. The Hall–Kier alpha value is -0.147. The van der Waals surface area contributed by atoms with Crippen LogP contribution in [0.5, 0.6) is 0 Å². The fourth-order valence-electron chi connectivity index (χ4n) is 0. The average molecular weight is 172 g/mol. The molecule has 0 aromatic heterocycles. The Morgan fingerprint density at radius 2 is 1.75 bits per heavy atom. The molecule has 4 nitrogen and oxygen atoms in total. The molecule has 0 spiro atoms. The Morgan fingerprint density at radius 1 is 1.62 bits per heavy atom. The molecular weight excluding hydrogens is 165 g/mol. The Morgan fingerprint density at radius 3 is 1.75 bits per heavy atom. The van der Waals surface area contributed by atoms with Crippen LogP contribution in [0.2, 0.25) is 0 Å². The van der Waals surface area contributed by atoms with Crippen molar-refractivity contribution in [1.29, 1.82) is 0 Å². The predicted octanol–water partition coefficient (Wildman–Crippen LogP) is -1.42. The van der Waals surface area contributed by atoms with Gasteiger partial charge in [0, 0.05) is 33.7 Å². The molecule has 0 bridgehead atoms. The number of carbonyl (C=O) groups excluding carboxylic acids is 1. The number of hydrogen-bond acceptors (Lipinski definition) is 4. The largest absolute Gasteiger partial charge is 0.553 e. The summed E-state index contributed by atoms with van der Waals surface area (Å²) >= 11 is 0. The normalized spacial score (nSPS) is 4.88. The van der Waals surface area contributed by atoms with Crippen molar-refractivity contribution < 1.29 is 39.2 Å². The van der Waals surface area contributed by atoms with Gasteiger partial charge in [-0.1, -0.05) is 0 Å². The molecule has 8 heavy (non-hydrogen) atoms. The summed E-state index contributed by atoms with van der Waals surface area (Å²) in [6, 6.07) is 0. The molecule has 0 aliphatic rings. The first-order valence-electron chi connectivity index (χ1n) is 1.47. The first-order chi connectivity index (χ1) is 3.27. The van der Waals surface area contributed by atoms with Crippen LogP contribution in [0.15, 0.2) is 0 Å². The summed E-state index contributed by atoms with van der Waals surface area (Å²) in [5.41, 5.74) is 0. The summed E-state index contributed by atoms with van der Waals surface area (Å²) in [7, 11) is 2.04. The predicted molar refractivity (Wildman–Crippen MR) is 20.5 cm³/mol. The van der Waals surface area contributed by atoms with Crippen LogP contribution in [0.4, 0.5) is 4.79 Å². The van der Waals surface area contributed by atoms with Crippen LogP contribution in [0.25, 0.3) is 0 Å². The van der Waals surface area contributed by atoms with E-state index in [1.54, 1.807) is 0 Å². The van der Waals surface area contributed by atoms with E-state index in [4.69, 9.17) is 15.0 Å². The molecule has 0 amide bonds. The minimum Gasteiger partial charge on any atom is -0.553 e. The second-order valence-corrected chi connectivity index (χ2v) is 0.454. The van der Waals surface area contributed by atoms with Gasteiger partial charge >= 0.3 is 0 Å². The van der Waals surface area contributed by atoms with Crippen LogP contribution in [-0.2, 0) is 24.2 Å². The molecule has 0 fully saturated rings. The quantitative estimate of drug-likeness (QED) is 0.360. The molecule has 0 unspecified atom stereocenters. The van der Waals surface area contributed by atoms with Gasteiger partial charge in [0.2, 0.25) is 0 Å². The Bertz CT molecular complexity index is 46.5. The maximum Gasteiger partial charge on any atom is 0.251 e. The molecule has 0 heterocycles. The molecule has 0 aromatic carbocycles. The van der Waals surface area contributed by atoms with Crippen LogP contribution >= 0.6 is 0 Å². The second-order valence-electron chi connectivity index (χ2n) is 0.454. The number of aliphatic hydroxyl groups is 1. The summed E-state index contributed by atoms with van der Waals surface area (Å²) in [5, 5.41) is 16.0. The average Bonchev–Trinajstić information content (AvgIpc) is 1.73.